The molecule has 0 fully saturated rings. The van der Waals surface area contributed by atoms with Crippen LogP contribution in [0, 0.1) is 3.57 Å². The van der Waals surface area contributed by atoms with Gasteiger partial charge in [-0.2, -0.15) is 0 Å². The molecule has 0 amide bonds. The van der Waals surface area contributed by atoms with Crippen LogP contribution >= 0.6 is 49.9 Å². The van der Waals surface area contributed by atoms with Gasteiger partial charge in [0, 0.05) is 8.04 Å². The fourth-order valence-corrected chi connectivity index (χ4v) is 3.36. The Kier molecular flexibility index (Phi) is 3.09. The normalized spacial score (nSPS) is 11.5. The average Bonchev–Trinajstić information content (AvgIpc) is 2.56. The highest BCUT2D eigenvalue weighted by atomic mass is 127. The number of hydrogen-bond donors (Lipinski definition) is 0. The van der Waals surface area contributed by atoms with Crippen LogP contribution in [0.15, 0.2) is 22.7 Å². The van der Waals surface area contributed by atoms with E-state index in [9.17, 15) is 8.78 Å². The first-order chi connectivity index (χ1) is 6.59. The van der Waals surface area contributed by atoms with Crippen LogP contribution in [0.5, 0.6) is 0 Å². The fourth-order valence-electron chi connectivity index (χ4n) is 1.17. The Bertz CT molecular complexity index is 481. The van der Waals surface area contributed by atoms with E-state index < -0.39 is 6.43 Å². The molecule has 0 aliphatic heterocycles. The summed E-state index contributed by atoms with van der Waals surface area (Å²) in [6.07, 6.45) is -2.38. The fraction of sp³-hybridized carbons (Fsp3) is 0.111. The van der Waals surface area contributed by atoms with Gasteiger partial charge in [-0.3, -0.25) is 0 Å². The van der Waals surface area contributed by atoms with Gasteiger partial charge in [0.15, 0.2) is 0 Å². The Labute approximate surface area is 106 Å². The predicted octanol–water partition coefficient (Wildman–Crippen LogP) is 5.21. The Morgan fingerprint density at radius 3 is 2.71 bits per heavy atom. The van der Waals surface area contributed by atoms with Crippen molar-refractivity contribution in [2.24, 2.45) is 0 Å². The van der Waals surface area contributed by atoms with Crippen LogP contribution in [-0.4, -0.2) is 0 Å². The molecule has 14 heavy (non-hydrogen) atoms. The van der Waals surface area contributed by atoms with Crippen molar-refractivity contribution >= 4 is 59.9 Å². The summed E-state index contributed by atoms with van der Waals surface area (Å²) in [6, 6.07) is 5.32. The molecule has 0 atom stereocenters. The summed E-state index contributed by atoms with van der Waals surface area (Å²) >= 11 is 6.72. The Balaban J connectivity index is 2.71. The van der Waals surface area contributed by atoms with E-state index in [-0.39, 0.29) is 4.88 Å². The minimum atomic E-state index is -2.38. The van der Waals surface area contributed by atoms with E-state index in [4.69, 9.17) is 0 Å². The van der Waals surface area contributed by atoms with Gasteiger partial charge in [0.05, 0.1) is 9.58 Å². The summed E-state index contributed by atoms with van der Waals surface area (Å²) in [5.41, 5.74) is 0. The third-order valence-corrected chi connectivity index (χ3v) is 5.72. The average molecular weight is 389 g/mol. The van der Waals surface area contributed by atoms with Crippen LogP contribution in [0.1, 0.15) is 11.3 Å². The molecular weight excluding hydrogens is 385 g/mol. The van der Waals surface area contributed by atoms with Gasteiger partial charge in [-0.25, -0.2) is 8.78 Å². The molecule has 74 valence electrons. The summed E-state index contributed by atoms with van der Waals surface area (Å²) in [6.45, 7) is 0. The molecule has 0 aliphatic carbocycles. The van der Waals surface area contributed by atoms with E-state index in [0.717, 1.165) is 29.5 Å². The molecule has 1 aromatic heterocycles. The third-order valence-electron chi connectivity index (χ3n) is 1.81. The minimum absolute atomic E-state index is 0.128. The van der Waals surface area contributed by atoms with Crippen molar-refractivity contribution in [3.8, 4) is 0 Å². The Morgan fingerprint density at radius 2 is 2.07 bits per heavy atom. The third kappa shape index (κ3) is 1.81. The van der Waals surface area contributed by atoms with Crippen LogP contribution in [0.25, 0.3) is 10.1 Å². The van der Waals surface area contributed by atoms with Gasteiger partial charge in [0.25, 0.3) is 6.43 Å². The summed E-state index contributed by atoms with van der Waals surface area (Å²) in [5, 5.41) is 0.873. The predicted molar refractivity (Wildman–Crippen MR) is 67.2 cm³/mol. The van der Waals surface area contributed by atoms with Crippen molar-refractivity contribution in [2.75, 3.05) is 0 Å². The van der Waals surface area contributed by atoms with Gasteiger partial charge in [0.1, 0.15) is 0 Å². The molecule has 0 N–H and O–H groups in total. The minimum Gasteiger partial charge on any atom is -0.204 e. The van der Waals surface area contributed by atoms with Crippen LogP contribution < -0.4 is 0 Å². The van der Waals surface area contributed by atoms with E-state index in [1.54, 1.807) is 6.07 Å². The van der Waals surface area contributed by atoms with E-state index in [1.165, 1.54) is 0 Å². The van der Waals surface area contributed by atoms with E-state index in [1.807, 2.05) is 12.1 Å². The van der Waals surface area contributed by atoms with E-state index in [2.05, 4.69) is 38.5 Å². The van der Waals surface area contributed by atoms with Gasteiger partial charge in [0.2, 0.25) is 0 Å². The molecule has 0 unspecified atom stereocenters. The number of benzene rings is 1. The molecule has 0 spiro atoms. The lowest BCUT2D eigenvalue weighted by molar-refractivity contribution is 0.156. The van der Waals surface area contributed by atoms with Crippen molar-refractivity contribution in [3.05, 3.63) is 31.1 Å². The van der Waals surface area contributed by atoms with E-state index >= 15 is 0 Å². The largest absolute Gasteiger partial charge is 0.272 e. The summed E-state index contributed by atoms with van der Waals surface area (Å²) in [4.78, 5) is 0.128. The zero-order valence-electron chi connectivity index (χ0n) is 6.73. The second kappa shape index (κ2) is 4.02. The summed E-state index contributed by atoms with van der Waals surface area (Å²) < 4.78 is 27.7. The molecule has 2 aromatic rings. The number of hydrogen-bond acceptors (Lipinski definition) is 1. The summed E-state index contributed by atoms with van der Waals surface area (Å²) in [7, 11) is 0. The molecule has 2 rings (SSSR count). The Morgan fingerprint density at radius 1 is 1.36 bits per heavy atom. The molecule has 0 radical (unpaired) electrons. The lowest BCUT2D eigenvalue weighted by atomic mass is 10.2. The molecule has 0 nitrogen and oxygen atoms in total. The van der Waals surface area contributed by atoms with Crippen molar-refractivity contribution in [3.63, 3.8) is 0 Å². The van der Waals surface area contributed by atoms with Gasteiger partial charge < -0.3 is 0 Å². The zero-order chi connectivity index (χ0) is 10.3. The van der Waals surface area contributed by atoms with Crippen LogP contribution in [0.4, 0.5) is 8.78 Å². The lowest BCUT2D eigenvalue weighted by Crippen LogP contribution is -1.72. The number of fused-ring (bicyclic) bond motifs is 1. The highest BCUT2D eigenvalue weighted by Crippen LogP contribution is 2.38. The maximum absolute atomic E-state index is 12.4. The molecule has 0 saturated heterocycles. The Hall–Kier alpha value is 0.250. The van der Waals surface area contributed by atoms with Crippen molar-refractivity contribution in [1.82, 2.24) is 0 Å². The maximum Gasteiger partial charge on any atom is 0.272 e. The highest BCUT2D eigenvalue weighted by Gasteiger charge is 2.13. The molecule has 1 heterocycles. The van der Waals surface area contributed by atoms with Gasteiger partial charge >= 0.3 is 0 Å². The zero-order valence-corrected chi connectivity index (χ0v) is 11.3. The molecular formula is C9H4BrF2IS. The van der Waals surface area contributed by atoms with Crippen molar-refractivity contribution in [2.45, 2.75) is 6.43 Å². The number of halogens is 4. The SMILES string of the molecule is FC(F)c1cc2ccc(I)c(Br)c2s1. The molecule has 0 bridgehead atoms. The van der Waals surface area contributed by atoms with Crippen LogP contribution in [0.3, 0.4) is 0 Å². The molecule has 5 heteroatoms. The van der Waals surface area contributed by atoms with Crippen LogP contribution in [-0.2, 0) is 0 Å². The van der Waals surface area contributed by atoms with Gasteiger partial charge in [-0.1, -0.05) is 6.07 Å². The highest BCUT2D eigenvalue weighted by molar-refractivity contribution is 14.1. The maximum atomic E-state index is 12.4. The van der Waals surface area contributed by atoms with Crippen LogP contribution in [0.2, 0.25) is 0 Å². The first-order valence-corrected chi connectivity index (χ1v) is 6.44. The number of alkyl halides is 2. The molecule has 0 aliphatic rings. The number of rotatable bonds is 1. The van der Waals surface area contributed by atoms with E-state index in [0.29, 0.717) is 0 Å². The summed E-state index contributed by atoms with van der Waals surface area (Å²) in [5.74, 6) is 0. The smallest absolute Gasteiger partial charge is 0.204 e. The monoisotopic (exact) mass is 388 g/mol. The van der Waals surface area contributed by atoms with Crippen molar-refractivity contribution in [1.29, 1.82) is 0 Å². The first-order valence-electron chi connectivity index (χ1n) is 3.75. The van der Waals surface area contributed by atoms with Crippen molar-refractivity contribution < 1.29 is 8.78 Å². The number of thiophene rings is 1. The standard InChI is InChI=1S/C9H4BrF2IS/c10-7-5(13)2-1-4-3-6(9(11)12)14-8(4)7/h1-3,9H. The second-order valence-corrected chi connectivity index (χ2v) is 5.77. The quantitative estimate of drug-likeness (QED) is 0.588. The lowest BCUT2D eigenvalue weighted by Gasteiger charge is -1.95. The van der Waals surface area contributed by atoms with Gasteiger partial charge in [-0.15, -0.1) is 11.3 Å². The molecule has 1 aromatic carbocycles. The second-order valence-electron chi connectivity index (χ2n) is 2.73. The topological polar surface area (TPSA) is 0 Å². The molecule has 0 saturated carbocycles. The first kappa shape index (κ1) is 10.8. The van der Waals surface area contributed by atoms with Gasteiger partial charge in [-0.05, 0) is 56.0 Å².